The smallest absolute Gasteiger partial charge is 0.318 e. The second-order valence-electron chi connectivity index (χ2n) is 8.16. The predicted octanol–water partition coefficient (Wildman–Crippen LogP) is 2.67. The van der Waals surface area contributed by atoms with Crippen LogP contribution in [0.1, 0.15) is 17.0 Å². The van der Waals surface area contributed by atoms with Gasteiger partial charge < -0.3 is 20.0 Å². The third-order valence-corrected chi connectivity index (χ3v) is 6.03. The van der Waals surface area contributed by atoms with Crippen LogP contribution in [0.4, 0.5) is 6.01 Å². The third-order valence-electron chi connectivity index (χ3n) is 6.03. The van der Waals surface area contributed by atoms with Gasteiger partial charge in [-0.25, -0.2) is 0 Å². The number of aryl methyl sites for hydroxylation is 1. The van der Waals surface area contributed by atoms with Crippen molar-refractivity contribution in [2.45, 2.75) is 20.0 Å². The van der Waals surface area contributed by atoms with Crippen molar-refractivity contribution in [1.82, 2.24) is 20.1 Å². The number of aromatic nitrogens is 3. The molecule has 1 aliphatic rings. The van der Waals surface area contributed by atoms with Crippen LogP contribution in [0.5, 0.6) is 0 Å². The van der Waals surface area contributed by atoms with Gasteiger partial charge in [0.2, 0.25) is 5.89 Å². The molecule has 1 saturated heterocycles. The number of rotatable bonds is 5. The Bertz CT molecular complexity index is 1290. The number of nitrogens with one attached hydrogen (secondary N) is 1. The zero-order valence-corrected chi connectivity index (χ0v) is 18.0. The van der Waals surface area contributed by atoms with Gasteiger partial charge in [-0.05, 0) is 34.2 Å². The summed E-state index contributed by atoms with van der Waals surface area (Å²) in [7, 11) is 0. The molecule has 8 heteroatoms. The Hall–Kier alpha value is -3.49. The zero-order chi connectivity index (χ0) is 22.1. The van der Waals surface area contributed by atoms with Gasteiger partial charge in [0.1, 0.15) is 0 Å². The maximum Gasteiger partial charge on any atom is 0.318 e. The van der Waals surface area contributed by atoms with Crippen LogP contribution in [0.25, 0.3) is 22.0 Å². The molecule has 0 radical (unpaired) electrons. The van der Waals surface area contributed by atoms with Crippen LogP contribution in [0.3, 0.4) is 0 Å². The maximum absolute atomic E-state index is 12.6. The second kappa shape index (κ2) is 8.57. The highest BCUT2D eigenvalue weighted by Crippen LogP contribution is 2.23. The molecule has 0 spiro atoms. The zero-order valence-electron chi connectivity index (χ0n) is 18.0. The molecule has 0 aliphatic carbocycles. The average Bonchev–Trinajstić information content (AvgIpc) is 3.26. The van der Waals surface area contributed by atoms with Crippen LogP contribution >= 0.6 is 0 Å². The van der Waals surface area contributed by atoms with Crippen LogP contribution in [0.15, 0.2) is 57.7 Å². The van der Waals surface area contributed by atoms with Crippen LogP contribution in [0.2, 0.25) is 0 Å². The van der Waals surface area contributed by atoms with Crippen LogP contribution in [-0.2, 0) is 13.1 Å². The number of hydrogen-bond acceptors (Lipinski definition) is 7. The molecule has 32 heavy (non-hydrogen) atoms. The van der Waals surface area contributed by atoms with E-state index in [4.69, 9.17) is 10.2 Å². The highest BCUT2D eigenvalue weighted by atomic mass is 16.4. The van der Waals surface area contributed by atoms with E-state index in [2.05, 4.69) is 49.2 Å². The number of benzene rings is 2. The fraction of sp³-hybridized carbons (Fsp3) is 0.292. The van der Waals surface area contributed by atoms with Crippen molar-refractivity contribution in [3.05, 3.63) is 75.9 Å². The van der Waals surface area contributed by atoms with Gasteiger partial charge in [0, 0.05) is 57.3 Å². The van der Waals surface area contributed by atoms with E-state index in [0.29, 0.717) is 23.8 Å². The number of pyridine rings is 1. The molecule has 1 aliphatic heterocycles. The summed E-state index contributed by atoms with van der Waals surface area (Å²) in [6.45, 7) is 6.68. The molecule has 2 aromatic carbocycles. The quantitative estimate of drug-likeness (QED) is 0.502. The molecule has 1 fully saturated rings. The minimum Gasteiger partial charge on any atom is -0.408 e. The van der Waals surface area contributed by atoms with E-state index in [1.54, 1.807) is 6.92 Å². The molecule has 0 saturated carbocycles. The van der Waals surface area contributed by atoms with Gasteiger partial charge in [-0.15, -0.1) is 5.10 Å². The van der Waals surface area contributed by atoms with E-state index in [-0.39, 0.29) is 5.56 Å². The summed E-state index contributed by atoms with van der Waals surface area (Å²) in [6.07, 6.45) is 0. The summed E-state index contributed by atoms with van der Waals surface area (Å²) in [5.41, 5.74) is 9.78. The molecular formula is C24H26N6O2. The fourth-order valence-corrected chi connectivity index (χ4v) is 4.24. The largest absolute Gasteiger partial charge is 0.408 e. The molecule has 5 rings (SSSR count). The first-order valence-electron chi connectivity index (χ1n) is 10.8. The van der Waals surface area contributed by atoms with Crippen molar-refractivity contribution in [1.29, 1.82) is 0 Å². The van der Waals surface area contributed by atoms with Crippen LogP contribution in [-0.4, -0.2) is 46.3 Å². The molecule has 3 heterocycles. The minimum atomic E-state index is -0.0915. The SMILES string of the molecule is Cc1nnc(N2CCN(Cc3ccc(-c4cc5c(CN)cccc5c(=O)[nH]4)cc3)CC2)o1. The number of fused-ring (bicyclic) bond motifs is 1. The van der Waals surface area contributed by atoms with Gasteiger partial charge in [-0.2, -0.15) is 0 Å². The lowest BCUT2D eigenvalue weighted by Crippen LogP contribution is -2.46. The van der Waals surface area contributed by atoms with Gasteiger partial charge in [0.15, 0.2) is 0 Å². The number of H-pyrrole nitrogens is 1. The molecule has 164 valence electrons. The van der Waals surface area contributed by atoms with E-state index in [1.807, 2.05) is 24.3 Å². The van der Waals surface area contributed by atoms with E-state index in [0.717, 1.165) is 54.9 Å². The Morgan fingerprint density at radius 2 is 1.81 bits per heavy atom. The van der Waals surface area contributed by atoms with E-state index >= 15 is 0 Å². The van der Waals surface area contributed by atoms with Crippen molar-refractivity contribution in [2.75, 3.05) is 31.1 Å². The first-order valence-corrected chi connectivity index (χ1v) is 10.8. The molecule has 0 bridgehead atoms. The lowest BCUT2D eigenvalue weighted by molar-refractivity contribution is 0.245. The molecule has 2 aromatic heterocycles. The molecular weight excluding hydrogens is 404 g/mol. The fourth-order valence-electron chi connectivity index (χ4n) is 4.24. The first kappa shape index (κ1) is 20.4. The second-order valence-corrected chi connectivity index (χ2v) is 8.16. The lowest BCUT2D eigenvalue weighted by atomic mass is 10.0. The average molecular weight is 431 g/mol. The van der Waals surface area contributed by atoms with E-state index in [1.165, 1.54) is 5.56 Å². The summed E-state index contributed by atoms with van der Waals surface area (Å²) in [5, 5.41) is 9.60. The number of nitrogens with zero attached hydrogens (tertiary/aromatic N) is 4. The van der Waals surface area contributed by atoms with Crippen molar-refractivity contribution in [2.24, 2.45) is 5.73 Å². The minimum absolute atomic E-state index is 0.0915. The standard InChI is InChI=1S/C24H26N6O2/c1-16-27-28-24(32-16)30-11-9-29(10-12-30)15-17-5-7-18(8-6-17)22-13-21-19(14-25)3-2-4-20(21)23(31)26-22/h2-8,13H,9-12,14-15,25H2,1H3,(H,26,31). The van der Waals surface area contributed by atoms with Gasteiger partial charge in [-0.1, -0.05) is 41.5 Å². The maximum atomic E-state index is 12.6. The number of piperazine rings is 1. The molecule has 0 amide bonds. The van der Waals surface area contributed by atoms with E-state index < -0.39 is 0 Å². The van der Waals surface area contributed by atoms with Crippen LogP contribution < -0.4 is 16.2 Å². The van der Waals surface area contributed by atoms with Crippen molar-refractivity contribution >= 4 is 16.8 Å². The van der Waals surface area contributed by atoms with Crippen LogP contribution in [0, 0.1) is 6.92 Å². The monoisotopic (exact) mass is 430 g/mol. The molecule has 4 aromatic rings. The summed E-state index contributed by atoms with van der Waals surface area (Å²) < 4.78 is 5.53. The Balaban J connectivity index is 1.28. The first-order chi connectivity index (χ1) is 15.6. The Kier molecular flexibility index (Phi) is 5.46. The lowest BCUT2D eigenvalue weighted by Gasteiger charge is -2.33. The summed E-state index contributed by atoms with van der Waals surface area (Å²) in [5.74, 6) is 0.592. The summed E-state index contributed by atoms with van der Waals surface area (Å²) in [4.78, 5) is 20.1. The van der Waals surface area contributed by atoms with E-state index in [9.17, 15) is 4.79 Å². The summed E-state index contributed by atoms with van der Waals surface area (Å²) in [6, 6.07) is 16.7. The van der Waals surface area contributed by atoms with Crippen molar-refractivity contribution < 1.29 is 4.42 Å². The highest BCUT2D eigenvalue weighted by molar-refractivity contribution is 5.88. The van der Waals surface area contributed by atoms with Crippen molar-refractivity contribution in [3.8, 4) is 11.3 Å². The molecule has 3 N–H and O–H groups in total. The number of nitrogens with two attached hydrogens (primary N) is 1. The Morgan fingerprint density at radius 3 is 2.50 bits per heavy atom. The number of anilines is 1. The van der Waals surface area contributed by atoms with Gasteiger partial charge in [-0.3, -0.25) is 9.69 Å². The summed E-state index contributed by atoms with van der Waals surface area (Å²) >= 11 is 0. The van der Waals surface area contributed by atoms with Gasteiger partial charge in [0.05, 0.1) is 0 Å². The number of hydrogen-bond donors (Lipinski definition) is 2. The predicted molar refractivity (Wildman–Crippen MR) is 124 cm³/mol. The number of aromatic amines is 1. The Morgan fingerprint density at radius 1 is 1.03 bits per heavy atom. The van der Waals surface area contributed by atoms with Gasteiger partial charge in [0.25, 0.3) is 5.56 Å². The molecule has 0 unspecified atom stereocenters. The van der Waals surface area contributed by atoms with Crippen molar-refractivity contribution in [3.63, 3.8) is 0 Å². The topological polar surface area (TPSA) is 104 Å². The third kappa shape index (κ3) is 4.02. The molecule has 0 atom stereocenters. The molecule has 8 nitrogen and oxygen atoms in total. The highest BCUT2D eigenvalue weighted by Gasteiger charge is 2.21. The normalized spacial score (nSPS) is 14.9. The van der Waals surface area contributed by atoms with Gasteiger partial charge >= 0.3 is 6.01 Å². The Labute approximate surface area is 185 Å².